The summed E-state index contributed by atoms with van der Waals surface area (Å²) in [5, 5.41) is 7.96. The Morgan fingerprint density at radius 2 is 1.43 bits per heavy atom. The lowest BCUT2D eigenvalue weighted by Crippen LogP contribution is -2.55. The summed E-state index contributed by atoms with van der Waals surface area (Å²) in [5.41, 5.74) is -1.88. The number of alkyl carbamates (subject to hydrolysis) is 1. The number of hydrogen-bond acceptors (Lipinski definition) is 11. The fraction of sp³-hybridized carbons (Fsp3) is 0.261. The van der Waals surface area contributed by atoms with Crippen molar-refractivity contribution in [1.82, 2.24) is 25.3 Å². The van der Waals surface area contributed by atoms with Gasteiger partial charge >= 0.3 is 12.3 Å². The third-order valence-electron chi connectivity index (χ3n) is 9.17. The maximum atomic E-state index is 14.3. The smallest absolute Gasteiger partial charge is 0.416 e. The number of benzene rings is 4. The molecular weight excluding hydrogens is 870 g/mol. The van der Waals surface area contributed by atoms with Crippen LogP contribution in [-0.2, 0) is 30.5 Å². The Labute approximate surface area is 373 Å². The highest BCUT2D eigenvalue weighted by Crippen LogP contribution is 2.33. The van der Waals surface area contributed by atoms with Crippen LogP contribution in [0.5, 0.6) is 17.5 Å². The van der Waals surface area contributed by atoms with Gasteiger partial charge in [0.15, 0.2) is 5.82 Å². The van der Waals surface area contributed by atoms with E-state index in [9.17, 15) is 40.8 Å². The van der Waals surface area contributed by atoms with Gasteiger partial charge in [0.05, 0.1) is 23.6 Å². The number of hydrogen-bond donors (Lipinski definition) is 4. The lowest BCUT2D eigenvalue weighted by Gasteiger charge is -2.32. The number of halogens is 3. The first-order chi connectivity index (χ1) is 30.4. The molecule has 1 aromatic heterocycles. The average Bonchev–Trinajstić information content (AvgIpc) is 3.23. The number of rotatable bonds is 14. The van der Waals surface area contributed by atoms with Gasteiger partial charge in [-0.2, -0.15) is 23.1 Å². The van der Waals surface area contributed by atoms with E-state index < -0.39 is 73.6 Å². The molecule has 0 saturated carbocycles. The van der Waals surface area contributed by atoms with Crippen molar-refractivity contribution in [2.24, 2.45) is 5.41 Å². The Kier molecular flexibility index (Phi) is 14.7. The maximum absolute atomic E-state index is 14.3. The van der Waals surface area contributed by atoms with Crippen LogP contribution in [-0.4, -0.2) is 61.0 Å². The second-order valence-corrected chi connectivity index (χ2v) is 18.1. The average molecular weight is 917 g/mol. The zero-order valence-electron chi connectivity index (χ0n) is 36.4. The molecule has 4 aromatic carbocycles. The number of carbonyl (C=O) groups excluding carboxylic acids is 4. The predicted octanol–water partition coefficient (Wildman–Crippen LogP) is 8.46. The van der Waals surface area contributed by atoms with Gasteiger partial charge in [0.2, 0.25) is 17.7 Å². The molecule has 5 aromatic rings. The number of anilines is 1. The van der Waals surface area contributed by atoms with E-state index in [1.165, 1.54) is 55.7 Å². The van der Waals surface area contributed by atoms with E-state index in [4.69, 9.17) is 14.2 Å². The molecule has 2 atom stereocenters. The molecule has 342 valence electrons. The van der Waals surface area contributed by atoms with Crippen molar-refractivity contribution >= 4 is 45.6 Å². The summed E-state index contributed by atoms with van der Waals surface area (Å²) in [5.74, 6) is -1.85. The van der Waals surface area contributed by atoms with Crippen molar-refractivity contribution in [2.75, 3.05) is 12.4 Å². The molecule has 0 bridgehead atoms. The third-order valence-corrected chi connectivity index (χ3v) is 10.5. The van der Waals surface area contributed by atoms with Crippen LogP contribution in [0.15, 0.2) is 115 Å². The van der Waals surface area contributed by atoms with E-state index >= 15 is 0 Å². The van der Waals surface area contributed by atoms with Crippen LogP contribution in [0.1, 0.15) is 74.6 Å². The molecule has 65 heavy (non-hydrogen) atoms. The van der Waals surface area contributed by atoms with Gasteiger partial charge in [0.25, 0.3) is 21.8 Å². The summed E-state index contributed by atoms with van der Waals surface area (Å²) < 4.78 is 83.9. The largest absolute Gasteiger partial charge is 0.481 e. The van der Waals surface area contributed by atoms with Crippen molar-refractivity contribution in [1.29, 1.82) is 0 Å². The highest BCUT2D eigenvalue weighted by atomic mass is 32.2. The van der Waals surface area contributed by atoms with Crippen LogP contribution in [0.4, 0.5) is 23.7 Å². The number of nitrogens with zero attached hydrogens (tertiary/aromatic N) is 2. The minimum absolute atomic E-state index is 0.0103. The molecule has 0 spiro atoms. The van der Waals surface area contributed by atoms with E-state index in [-0.39, 0.29) is 34.3 Å². The van der Waals surface area contributed by atoms with Crippen molar-refractivity contribution in [3.8, 4) is 28.9 Å². The number of nitrogens with one attached hydrogen (secondary N) is 4. The van der Waals surface area contributed by atoms with Crippen molar-refractivity contribution in [3.05, 3.63) is 132 Å². The van der Waals surface area contributed by atoms with Crippen LogP contribution in [0.25, 0.3) is 17.5 Å². The zero-order valence-corrected chi connectivity index (χ0v) is 37.2. The van der Waals surface area contributed by atoms with Crippen molar-refractivity contribution in [3.63, 3.8) is 0 Å². The maximum Gasteiger partial charge on any atom is 0.416 e. The summed E-state index contributed by atoms with van der Waals surface area (Å²) in [4.78, 5) is 63.0. The predicted molar refractivity (Wildman–Crippen MR) is 235 cm³/mol. The second kappa shape index (κ2) is 19.6. The number of carbonyl (C=O) groups is 4. The number of aromatic nitrogens is 2. The number of ether oxygens (including phenoxy) is 3. The van der Waals surface area contributed by atoms with Gasteiger partial charge < -0.3 is 30.2 Å². The molecule has 1 heterocycles. The highest BCUT2D eigenvalue weighted by molar-refractivity contribution is 7.90. The topological polar surface area (TPSA) is 204 Å². The number of methoxy groups -OCH3 is 1. The summed E-state index contributed by atoms with van der Waals surface area (Å²) in [7, 11) is -3.18. The van der Waals surface area contributed by atoms with Crippen LogP contribution >= 0.6 is 0 Å². The first kappa shape index (κ1) is 48.7. The molecule has 19 heteroatoms. The molecule has 5 rings (SSSR count). The molecule has 0 aliphatic heterocycles. The quantitative estimate of drug-likeness (QED) is 0.0832. The molecule has 0 radical (unpaired) electrons. The van der Waals surface area contributed by atoms with Crippen LogP contribution in [0.3, 0.4) is 0 Å². The van der Waals surface area contributed by atoms with Crippen molar-refractivity contribution < 1.29 is 55.0 Å². The van der Waals surface area contributed by atoms with Gasteiger partial charge in [0.1, 0.15) is 23.4 Å². The van der Waals surface area contributed by atoms with E-state index in [0.29, 0.717) is 41.2 Å². The second-order valence-electron chi connectivity index (χ2n) is 16.5. The summed E-state index contributed by atoms with van der Waals surface area (Å²) in [6, 6.07) is 20.1. The fourth-order valence-electron chi connectivity index (χ4n) is 6.03. The zero-order chi connectivity index (χ0) is 47.9. The molecule has 4 N–H and O–H groups in total. The monoisotopic (exact) mass is 916 g/mol. The third kappa shape index (κ3) is 13.1. The highest BCUT2D eigenvalue weighted by Gasteiger charge is 2.37. The standard InChI is InChI=1S/C46H47F3N6O9S/c1-9-27-24-29(18-23-34(27)63-36-26-35(62-8)51-39(52-36)28-14-11-10-12-15-28)37(53-42(58)38(44(2,3)4)54-43(59)64-45(5,6)7)41(57)50-32-17-13-16-30(25-32)40(56)55-65(60,61)33-21-19-31(20-22-33)46(47,48)49/h9-26,37-38H,1H2,2-8H3,(H,50,57)(H,53,58)(H,54,59)(H,55,56)/t37-,38+/m0/s1. The van der Waals surface area contributed by atoms with E-state index in [1.54, 1.807) is 41.5 Å². The first-order valence-electron chi connectivity index (χ1n) is 19.7. The normalized spacial score (nSPS) is 12.8. The van der Waals surface area contributed by atoms with E-state index in [1.807, 2.05) is 35.1 Å². The van der Waals surface area contributed by atoms with E-state index in [2.05, 4.69) is 32.5 Å². The van der Waals surface area contributed by atoms with Gasteiger partial charge in [0, 0.05) is 22.4 Å². The lowest BCUT2D eigenvalue weighted by atomic mass is 9.86. The van der Waals surface area contributed by atoms with Gasteiger partial charge in [-0.25, -0.2) is 17.9 Å². The minimum atomic E-state index is -4.71. The van der Waals surface area contributed by atoms with Crippen molar-refractivity contribution in [2.45, 2.75) is 70.3 Å². The fourth-order valence-corrected chi connectivity index (χ4v) is 7.01. The molecule has 4 amide bonds. The summed E-state index contributed by atoms with van der Waals surface area (Å²) >= 11 is 0. The number of sulfonamides is 1. The molecule has 0 aliphatic rings. The first-order valence-corrected chi connectivity index (χ1v) is 21.2. The molecule has 0 saturated heterocycles. The van der Waals surface area contributed by atoms with E-state index in [0.717, 1.165) is 6.07 Å². The molecule has 0 aliphatic carbocycles. The Hall–Kier alpha value is -7.28. The Morgan fingerprint density at radius 1 is 0.769 bits per heavy atom. The summed E-state index contributed by atoms with van der Waals surface area (Å²) in [6.45, 7) is 14.0. The molecular formula is C46H47F3N6O9S. The Balaban J connectivity index is 1.47. The lowest BCUT2D eigenvalue weighted by molar-refractivity contribution is -0.137. The molecule has 15 nitrogen and oxygen atoms in total. The number of amides is 4. The SMILES string of the molecule is C=Cc1cc([C@H](NC(=O)[C@@H](NC(=O)OC(C)(C)C)C(C)(C)C)C(=O)Nc2cccc(C(=O)NS(=O)(=O)c3ccc(C(F)(F)F)cc3)c2)ccc1Oc1cc(OC)nc(-c2ccccc2)n1. The van der Waals surface area contributed by atoms with Gasteiger partial charge in [-0.15, -0.1) is 0 Å². The van der Waals surface area contributed by atoms with Crippen LogP contribution < -0.4 is 30.1 Å². The number of alkyl halides is 3. The summed E-state index contributed by atoms with van der Waals surface area (Å²) in [6.07, 6.45) is -4.14. The minimum Gasteiger partial charge on any atom is -0.481 e. The Morgan fingerprint density at radius 3 is 2.03 bits per heavy atom. The van der Waals surface area contributed by atoms with Gasteiger partial charge in [-0.3, -0.25) is 14.4 Å². The molecule has 0 unspecified atom stereocenters. The van der Waals surface area contributed by atoms with Gasteiger partial charge in [-0.05, 0) is 86.3 Å². The Bertz CT molecular complexity index is 2680. The van der Waals surface area contributed by atoms with Crippen LogP contribution in [0.2, 0.25) is 0 Å². The molecule has 0 fully saturated rings. The van der Waals surface area contributed by atoms with Gasteiger partial charge in [-0.1, -0.05) is 75.9 Å². The van der Waals surface area contributed by atoms with Crippen LogP contribution in [0, 0.1) is 5.41 Å².